The third-order valence-corrected chi connectivity index (χ3v) is 2.84. The monoisotopic (exact) mass is 244 g/mol. The van der Waals surface area contributed by atoms with Crippen molar-refractivity contribution in [1.29, 1.82) is 0 Å². The second-order valence-corrected chi connectivity index (χ2v) is 4.07. The van der Waals surface area contributed by atoms with Gasteiger partial charge in [-0.3, -0.25) is 0 Å². The summed E-state index contributed by atoms with van der Waals surface area (Å²) in [5.74, 6) is -0.361. The van der Waals surface area contributed by atoms with Crippen LogP contribution in [0.2, 0.25) is 0 Å². The number of carbonyl (C=O) groups is 1. The van der Waals surface area contributed by atoms with Gasteiger partial charge < -0.3 is 14.6 Å². The molecule has 1 aromatic heterocycles. The van der Waals surface area contributed by atoms with Gasteiger partial charge in [-0.15, -0.1) is 0 Å². The van der Waals surface area contributed by atoms with Crippen LogP contribution in [-0.2, 0) is 9.53 Å². The number of aromatic nitrogens is 1. The SMILES string of the molecule is COC(=O)/C(=C1\C=CC=CN1)n1c(C)ccc1C. The second kappa shape index (κ2) is 4.96. The zero-order chi connectivity index (χ0) is 13.1. The van der Waals surface area contributed by atoms with Crippen molar-refractivity contribution in [2.24, 2.45) is 0 Å². The summed E-state index contributed by atoms with van der Waals surface area (Å²) in [6.07, 6.45) is 7.38. The Kier molecular flexibility index (Phi) is 3.37. The van der Waals surface area contributed by atoms with Crippen LogP contribution < -0.4 is 5.32 Å². The minimum Gasteiger partial charge on any atom is -0.464 e. The van der Waals surface area contributed by atoms with Gasteiger partial charge in [-0.1, -0.05) is 6.08 Å². The summed E-state index contributed by atoms with van der Waals surface area (Å²) < 4.78 is 6.77. The van der Waals surface area contributed by atoms with E-state index in [0.717, 1.165) is 17.1 Å². The number of rotatable bonds is 2. The molecule has 2 heterocycles. The van der Waals surface area contributed by atoms with Crippen LogP contribution in [0.5, 0.6) is 0 Å². The highest BCUT2D eigenvalue weighted by Gasteiger charge is 2.20. The Morgan fingerprint density at radius 1 is 1.22 bits per heavy atom. The quantitative estimate of drug-likeness (QED) is 0.640. The lowest BCUT2D eigenvalue weighted by atomic mass is 10.2. The molecule has 1 aliphatic heterocycles. The van der Waals surface area contributed by atoms with Crippen LogP contribution in [0.15, 0.2) is 42.3 Å². The number of hydrogen-bond donors (Lipinski definition) is 1. The van der Waals surface area contributed by atoms with Crippen molar-refractivity contribution >= 4 is 11.7 Å². The maximum Gasteiger partial charge on any atom is 0.357 e. The topological polar surface area (TPSA) is 43.3 Å². The summed E-state index contributed by atoms with van der Waals surface area (Å²) in [5, 5.41) is 3.07. The molecule has 0 fully saturated rings. The molecule has 1 N–H and O–H groups in total. The van der Waals surface area contributed by atoms with Gasteiger partial charge in [0.05, 0.1) is 12.8 Å². The summed E-state index contributed by atoms with van der Waals surface area (Å²) in [4.78, 5) is 12.0. The largest absolute Gasteiger partial charge is 0.464 e. The summed E-state index contributed by atoms with van der Waals surface area (Å²) in [6, 6.07) is 3.95. The standard InChI is InChI=1S/C14H16N2O2/c1-10-7-8-11(2)16(10)13(14(17)18-3)12-6-4-5-9-15-12/h4-9,15H,1-3H3/b13-12-. The van der Waals surface area contributed by atoms with E-state index in [1.807, 2.05) is 48.8 Å². The molecule has 0 bridgehead atoms. The zero-order valence-corrected chi connectivity index (χ0v) is 10.7. The Morgan fingerprint density at radius 3 is 2.39 bits per heavy atom. The number of esters is 1. The number of nitrogens with zero attached hydrogens (tertiary/aromatic N) is 1. The van der Waals surface area contributed by atoms with Crippen molar-refractivity contribution in [1.82, 2.24) is 9.88 Å². The first-order valence-corrected chi connectivity index (χ1v) is 5.73. The van der Waals surface area contributed by atoms with E-state index in [4.69, 9.17) is 4.74 Å². The number of dihydropyridines is 1. The van der Waals surface area contributed by atoms with Crippen molar-refractivity contribution in [3.63, 3.8) is 0 Å². The Morgan fingerprint density at radius 2 is 1.89 bits per heavy atom. The van der Waals surface area contributed by atoms with Crippen molar-refractivity contribution in [3.05, 3.63) is 53.6 Å². The van der Waals surface area contributed by atoms with Crippen LogP contribution in [0.1, 0.15) is 11.4 Å². The number of allylic oxidation sites excluding steroid dienone is 3. The maximum absolute atomic E-state index is 12.0. The molecule has 18 heavy (non-hydrogen) atoms. The van der Waals surface area contributed by atoms with E-state index in [1.165, 1.54) is 7.11 Å². The Bertz CT molecular complexity index is 543. The highest BCUT2D eigenvalue weighted by atomic mass is 16.5. The van der Waals surface area contributed by atoms with E-state index in [2.05, 4.69) is 5.32 Å². The second-order valence-electron chi connectivity index (χ2n) is 4.07. The molecule has 4 nitrogen and oxygen atoms in total. The van der Waals surface area contributed by atoms with Gasteiger partial charge >= 0.3 is 5.97 Å². The van der Waals surface area contributed by atoms with Gasteiger partial charge in [-0.25, -0.2) is 4.79 Å². The molecule has 0 atom stereocenters. The van der Waals surface area contributed by atoms with Gasteiger partial charge in [-0.05, 0) is 38.1 Å². The lowest BCUT2D eigenvalue weighted by Gasteiger charge is -2.17. The predicted octanol–water partition coefficient (Wildman–Crippen LogP) is 2.12. The van der Waals surface area contributed by atoms with Crippen LogP contribution in [0.4, 0.5) is 0 Å². The van der Waals surface area contributed by atoms with Gasteiger partial charge in [0.1, 0.15) is 0 Å². The molecule has 4 heteroatoms. The van der Waals surface area contributed by atoms with E-state index in [-0.39, 0.29) is 5.97 Å². The summed E-state index contributed by atoms with van der Waals surface area (Å²) >= 11 is 0. The van der Waals surface area contributed by atoms with Gasteiger partial charge in [0, 0.05) is 17.6 Å². The van der Waals surface area contributed by atoms with Crippen molar-refractivity contribution in [2.75, 3.05) is 7.11 Å². The number of ether oxygens (including phenoxy) is 1. The molecular formula is C14H16N2O2. The lowest BCUT2D eigenvalue weighted by molar-refractivity contribution is -0.134. The van der Waals surface area contributed by atoms with Crippen LogP contribution in [-0.4, -0.2) is 17.6 Å². The Labute approximate surface area is 106 Å². The zero-order valence-electron chi connectivity index (χ0n) is 10.7. The normalized spacial score (nSPS) is 16.4. The molecule has 0 saturated heterocycles. The van der Waals surface area contributed by atoms with Crippen LogP contribution in [0.25, 0.3) is 5.70 Å². The Balaban J connectivity index is 2.61. The van der Waals surface area contributed by atoms with Crippen LogP contribution in [0, 0.1) is 13.8 Å². The van der Waals surface area contributed by atoms with E-state index >= 15 is 0 Å². The number of hydrogen-bond acceptors (Lipinski definition) is 3. The molecule has 0 spiro atoms. The first kappa shape index (κ1) is 12.2. The van der Waals surface area contributed by atoms with Crippen molar-refractivity contribution in [3.8, 4) is 0 Å². The fourth-order valence-corrected chi connectivity index (χ4v) is 1.98. The molecule has 0 radical (unpaired) electrons. The lowest BCUT2D eigenvalue weighted by Crippen LogP contribution is -2.20. The van der Waals surface area contributed by atoms with E-state index in [1.54, 1.807) is 6.20 Å². The minimum absolute atomic E-state index is 0.361. The smallest absolute Gasteiger partial charge is 0.357 e. The molecule has 1 aromatic rings. The molecular weight excluding hydrogens is 228 g/mol. The minimum atomic E-state index is -0.361. The highest BCUT2D eigenvalue weighted by Crippen LogP contribution is 2.20. The van der Waals surface area contributed by atoms with Crippen molar-refractivity contribution in [2.45, 2.75) is 13.8 Å². The molecule has 0 aromatic carbocycles. The van der Waals surface area contributed by atoms with Gasteiger partial charge in [0.15, 0.2) is 5.70 Å². The van der Waals surface area contributed by atoms with E-state index < -0.39 is 0 Å². The van der Waals surface area contributed by atoms with E-state index in [0.29, 0.717) is 5.70 Å². The van der Waals surface area contributed by atoms with Gasteiger partial charge in [-0.2, -0.15) is 0 Å². The molecule has 0 amide bonds. The third kappa shape index (κ3) is 2.09. The summed E-state index contributed by atoms with van der Waals surface area (Å²) in [7, 11) is 1.39. The number of methoxy groups -OCH3 is 1. The van der Waals surface area contributed by atoms with E-state index in [9.17, 15) is 4.79 Å². The fourth-order valence-electron chi connectivity index (χ4n) is 1.98. The number of aryl methyl sites for hydroxylation is 2. The molecule has 0 saturated carbocycles. The molecule has 94 valence electrons. The first-order chi connectivity index (χ1) is 8.65. The summed E-state index contributed by atoms with van der Waals surface area (Å²) in [6.45, 7) is 3.91. The van der Waals surface area contributed by atoms with Gasteiger partial charge in [0.25, 0.3) is 0 Å². The maximum atomic E-state index is 12.0. The first-order valence-electron chi connectivity index (χ1n) is 5.73. The van der Waals surface area contributed by atoms with Gasteiger partial charge in [0.2, 0.25) is 0 Å². The molecule has 0 aliphatic carbocycles. The van der Waals surface area contributed by atoms with Crippen molar-refractivity contribution < 1.29 is 9.53 Å². The number of nitrogens with one attached hydrogen (secondary N) is 1. The molecule has 2 rings (SSSR count). The predicted molar refractivity (Wildman–Crippen MR) is 70.6 cm³/mol. The average Bonchev–Trinajstić information content (AvgIpc) is 2.72. The van der Waals surface area contributed by atoms with Crippen LogP contribution >= 0.6 is 0 Å². The average molecular weight is 244 g/mol. The fraction of sp³-hybridized carbons (Fsp3) is 0.214. The summed E-state index contributed by atoms with van der Waals surface area (Å²) in [5.41, 5.74) is 3.21. The highest BCUT2D eigenvalue weighted by molar-refractivity contribution is 6.12. The molecule has 0 unspecified atom stereocenters. The molecule has 1 aliphatic rings. The number of carbonyl (C=O) groups excluding carboxylic acids is 1. The Hall–Kier alpha value is -2.23. The van der Waals surface area contributed by atoms with Crippen LogP contribution in [0.3, 0.4) is 0 Å². The third-order valence-electron chi connectivity index (χ3n) is 2.84.